The first-order chi connectivity index (χ1) is 13.0. The van der Waals surface area contributed by atoms with E-state index in [1.165, 1.54) is 0 Å². The van der Waals surface area contributed by atoms with Crippen molar-refractivity contribution in [2.45, 2.75) is 65.3 Å². The number of amides is 4. The minimum atomic E-state index is -1.16. The Kier molecular flexibility index (Phi) is 6.52. The van der Waals surface area contributed by atoms with Gasteiger partial charge in [0, 0.05) is 13.1 Å². The fourth-order valence-corrected chi connectivity index (χ4v) is 3.48. The molecule has 4 amide bonds. The Hall–Kier alpha value is -2.37. The second-order valence-electron chi connectivity index (χ2n) is 8.65. The van der Waals surface area contributed by atoms with Gasteiger partial charge in [0.25, 0.3) is 5.91 Å². The van der Waals surface area contributed by atoms with Crippen LogP contribution in [0.25, 0.3) is 0 Å². The Morgan fingerprint density at radius 2 is 1.61 bits per heavy atom. The van der Waals surface area contributed by atoms with E-state index in [1.54, 1.807) is 11.8 Å². The predicted molar refractivity (Wildman–Crippen MR) is 110 cm³/mol. The Morgan fingerprint density at radius 1 is 1.07 bits per heavy atom. The normalized spacial score (nSPS) is 19.7. The zero-order valence-corrected chi connectivity index (χ0v) is 18.0. The Balaban J connectivity index is 2.21. The smallest absolute Gasteiger partial charge is 0.325 e. The third-order valence-corrected chi connectivity index (χ3v) is 5.24. The van der Waals surface area contributed by atoms with E-state index in [-0.39, 0.29) is 23.8 Å². The Morgan fingerprint density at radius 3 is 2.07 bits per heavy atom. The van der Waals surface area contributed by atoms with Crippen LogP contribution in [-0.2, 0) is 20.5 Å². The highest BCUT2D eigenvalue weighted by Crippen LogP contribution is 2.31. The fourth-order valence-electron chi connectivity index (χ4n) is 3.48. The van der Waals surface area contributed by atoms with Crippen LogP contribution < -0.4 is 5.32 Å². The molecule has 154 valence electrons. The van der Waals surface area contributed by atoms with Gasteiger partial charge in [-0.15, -0.1) is 0 Å². The highest BCUT2D eigenvalue weighted by atomic mass is 16.2. The summed E-state index contributed by atoms with van der Waals surface area (Å²) in [5.74, 6) is -0.582. The summed E-state index contributed by atoms with van der Waals surface area (Å²) in [6, 6.07) is 7.21. The van der Waals surface area contributed by atoms with Crippen molar-refractivity contribution < 1.29 is 14.4 Å². The summed E-state index contributed by atoms with van der Waals surface area (Å²) < 4.78 is 0. The Bertz CT molecular complexity index is 730. The molecule has 6 heteroatoms. The molecule has 0 saturated carbocycles. The summed E-state index contributed by atoms with van der Waals surface area (Å²) in [4.78, 5) is 40.9. The number of carbonyl (C=O) groups excluding carboxylic acids is 3. The molecule has 1 aliphatic rings. The van der Waals surface area contributed by atoms with Crippen molar-refractivity contribution in [3.05, 3.63) is 35.4 Å². The van der Waals surface area contributed by atoms with E-state index in [4.69, 9.17) is 0 Å². The van der Waals surface area contributed by atoms with Gasteiger partial charge in [0.05, 0.1) is 0 Å². The summed E-state index contributed by atoms with van der Waals surface area (Å²) in [5, 5.41) is 2.78. The maximum atomic E-state index is 13.1. The van der Waals surface area contributed by atoms with Crippen molar-refractivity contribution in [3.8, 4) is 0 Å². The highest BCUT2D eigenvalue weighted by molar-refractivity contribution is 6.09. The molecule has 1 aromatic rings. The van der Waals surface area contributed by atoms with Crippen molar-refractivity contribution in [2.24, 2.45) is 0 Å². The molecule has 0 bridgehead atoms. The Labute approximate surface area is 168 Å². The average Bonchev–Trinajstić information content (AvgIpc) is 2.85. The number of nitrogens with zero attached hydrogens (tertiary/aromatic N) is 2. The summed E-state index contributed by atoms with van der Waals surface area (Å²) >= 11 is 0. The third kappa shape index (κ3) is 4.37. The van der Waals surface area contributed by atoms with Gasteiger partial charge >= 0.3 is 6.03 Å². The van der Waals surface area contributed by atoms with Crippen LogP contribution in [-0.4, -0.2) is 47.3 Å². The van der Waals surface area contributed by atoms with Crippen molar-refractivity contribution >= 4 is 17.8 Å². The summed E-state index contributed by atoms with van der Waals surface area (Å²) in [6.45, 7) is 13.1. The van der Waals surface area contributed by atoms with Crippen LogP contribution >= 0.6 is 0 Å². The second kappa shape index (κ2) is 8.33. The van der Waals surface area contributed by atoms with Crippen LogP contribution in [0.15, 0.2) is 24.3 Å². The van der Waals surface area contributed by atoms with Crippen molar-refractivity contribution in [1.82, 2.24) is 15.1 Å². The molecule has 1 heterocycles. The maximum absolute atomic E-state index is 13.1. The predicted octanol–water partition coefficient (Wildman–Crippen LogP) is 3.40. The van der Waals surface area contributed by atoms with Gasteiger partial charge in [-0.1, -0.05) is 58.9 Å². The lowest BCUT2D eigenvalue weighted by Crippen LogP contribution is -2.45. The zero-order chi connectivity index (χ0) is 21.1. The minimum Gasteiger partial charge on any atom is -0.341 e. The van der Waals surface area contributed by atoms with Crippen LogP contribution in [0.5, 0.6) is 0 Å². The van der Waals surface area contributed by atoms with E-state index in [1.807, 2.05) is 38.1 Å². The first kappa shape index (κ1) is 21.9. The molecule has 1 saturated heterocycles. The summed E-state index contributed by atoms with van der Waals surface area (Å²) in [5.41, 5.74) is 0.711. The van der Waals surface area contributed by atoms with E-state index >= 15 is 0 Å². The number of imide groups is 1. The maximum Gasteiger partial charge on any atom is 0.325 e. The average molecular weight is 388 g/mol. The van der Waals surface area contributed by atoms with Crippen molar-refractivity contribution in [3.63, 3.8) is 0 Å². The van der Waals surface area contributed by atoms with Crippen molar-refractivity contribution in [2.75, 3.05) is 19.6 Å². The molecule has 0 radical (unpaired) electrons. The first-order valence-corrected chi connectivity index (χ1v) is 10.1. The van der Waals surface area contributed by atoms with Gasteiger partial charge in [-0.05, 0) is 36.3 Å². The van der Waals surface area contributed by atoms with E-state index in [2.05, 4.69) is 26.1 Å². The van der Waals surface area contributed by atoms with Gasteiger partial charge < -0.3 is 10.2 Å². The molecule has 1 fully saturated rings. The molecule has 28 heavy (non-hydrogen) atoms. The van der Waals surface area contributed by atoms with Gasteiger partial charge in [-0.25, -0.2) is 4.79 Å². The number of nitrogens with one attached hydrogen (secondary N) is 1. The summed E-state index contributed by atoms with van der Waals surface area (Å²) in [7, 11) is 0. The SMILES string of the molecule is CCCN(CCC)C(=O)CN1C(=O)NC(C)(c2ccc(C(C)(C)C)cc2)C1=O. The molecular weight excluding hydrogens is 354 g/mol. The van der Waals surface area contributed by atoms with Crippen LogP contribution in [0.2, 0.25) is 0 Å². The largest absolute Gasteiger partial charge is 0.341 e. The van der Waals surface area contributed by atoms with Crippen LogP contribution in [0.3, 0.4) is 0 Å². The van der Waals surface area contributed by atoms with E-state index < -0.39 is 11.6 Å². The van der Waals surface area contributed by atoms with E-state index in [0.717, 1.165) is 23.3 Å². The molecule has 0 aliphatic carbocycles. The molecule has 6 nitrogen and oxygen atoms in total. The summed E-state index contributed by atoms with van der Waals surface area (Å²) in [6.07, 6.45) is 1.67. The number of carbonyl (C=O) groups is 3. The quantitative estimate of drug-likeness (QED) is 0.729. The van der Waals surface area contributed by atoms with Crippen LogP contribution in [0, 0.1) is 0 Å². The van der Waals surface area contributed by atoms with Crippen LogP contribution in [0.4, 0.5) is 4.79 Å². The second-order valence-corrected chi connectivity index (χ2v) is 8.65. The number of hydrogen-bond donors (Lipinski definition) is 1. The van der Waals surface area contributed by atoms with Crippen molar-refractivity contribution in [1.29, 1.82) is 0 Å². The minimum absolute atomic E-state index is 0.00281. The number of hydrogen-bond acceptors (Lipinski definition) is 3. The number of rotatable bonds is 7. The van der Waals surface area contributed by atoms with Gasteiger partial charge in [0.15, 0.2) is 0 Å². The monoisotopic (exact) mass is 387 g/mol. The molecule has 1 N–H and O–H groups in total. The van der Waals surface area contributed by atoms with Gasteiger partial charge in [0.2, 0.25) is 5.91 Å². The molecule has 0 spiro atoms. The number of urea groups is 1. The van der Waals surface area contributed by atoms with Gasteiger partial charge in [-0.2, -0.15) is 0 Å². The highest BCUT2D eigenvalue weighted by Gasteiger charge is 2.49. The van der Waals surface area contributed by atoms with Gasteiger partial charge in [-0.3, -0.25) is 14.5 Å². The zero-order valence-electron chi connectivity index (χ0n) is 18.0. The molecular formula is C22H33N3O3. The van der Waals surface area contributed by atoms with E-state index in [9.17, 15) is 14.4 Å². The topological polar surface area (TPSA) is 69.7 Å². The molecule has 0 aromatic heterocycles. The molecule has 1 aromatic carbocycles. The first-order valence-electron chi connectivity index (χ1n) is 10.1. The molecule has 1 aliphatic heterocycles. The fraction of sp³-hybridized carbons (Fsp3) is 0.591. The number of benzene rings is 1. The lowest BCUT2D eigenvalue weighted by molar-refractivity contribution is -0.139. The molecule has 1 atom stereocenters. The van der Waals surface area contributed by atoms with Crippen LogP contribution in [0.1, 0.15) is 65.5 Å². The van der Waals surface area contributed by atoms with E-state index in [0.29, 0.717) is 18.7 Å². The molecule has 1 unspecified atom stereocenters. The lowest BCUT2D eigenvalue weighted by atomic mass is 9.84. The third-order valence-electron chi connectivity index (χ3n) is 5.24. The lowest BCUT2D eigenvalue weighted by Gasteiger charge is -2.26. The standard InChI is InChI=1S/C22H33N3O3/c1-7-13-24(14-8-2)18(26)15-25-19(27)22(6,23-20(25)28)17-11-9-16(10-12-17)21(3,4)5/h9-12H,7-8,13-15H2,1-6H3,(H,23,28). The van der Waals surface area contributed by atoms with Gasteiger partial charge in [0.1, 0.15) is 12.1 Å². The molecule has 2 rings (SSSR count).